The van der Waals surface area contributed by atoms with Gasteiger partial charge in [0.1, 0.15) is 36.1 Å². The van der Waals surface area contributed by atoms with Crippen LogP contribution >= 0.6 is 0 Å². The van der Waals surface area contributed by atoms with Gasteiger partial charge in [-0.15, -0.1) is 0 Å². The van der Waals surface area contributed by atoms with E-state index in [2.05, 4.69) is 4.98 Å². The number of carbonyl (C=O) groups is 1. The molecule has 5 nitrogen and oxygen atoms in total. The van der Waals surface area contributed by atoms with Crippen molar-refractivity contribution < 1.29 is 23.8 Å². The van der Waals surface area contributed by atoms with Crippen molar-refractivity contribution in [2.45, 2.75) is 20.1 Å². The molecule has 0 fully saturated rings. The maximum absolute atomic E-state index is 13.3. The van der Waals surface area contributed by atoms with Gasteiger partial charge >= 0.3 is 5.97 Å². The normalized spacial score (nSPS) is 10.8. The second-order valence-electron chi connectivity index (χ2n) is 7.12. The number of hydrogen-bond donors (Lipinski definition) is 1. The standard InChI is InChI=1S/C25H20FNO4/c1-16-4-2-7-23(24(16)25(28)29)31-14-17-5-3-6-21(12-17)30-15-20-10-8-18-13-19(26)9-11-22(18)27-20/h2-13H,14-15H2,1H3,(H,28,29). The van der Waals surface area contributed by atoms with Gasteiger partial charge in [-0.05, 0) is 60.5 Å². The number of fused-ring (bicyclic) bond motifs is 1. The van der Waals surface area contributed by atoms with Crippen molar-refractivity contribution in [2.75, 3.05) is 0 Å². The fraction of sp³-hybridized carbons (Fsp3) is 0.120. The molecule has 0 amide bonds. The number of carboxylic acid groups (broad SMARTS) is 1. The first-order valence-corrected chi connectivity index (χ1v) is 9.72. The van der Waals surface area contributed by atoms with Crippen LogP contribution in [0.5, 0.6) is 11.5 Å². The van der Waals surface area contributed by atoms with Crippen LogP contribution in [0.2, 0.25) is 0 Å². The molecule has 0 radical (unpaired) electrons. The molecular weight excluding hydrogens is 397 g/mol. The lowest BCUT2D eigenvalue weighted by Gasteiger charge is -2.12. The molecule has 0 unspecified atom stereocenters. The Morgan fingerprint density at radius 2 is 1.81 bits per heavy atom. The van der Waals surface area contributed by atoms with Gasteiger partial charge in [-0.3, -0.25) is 0 Å². The molecule has 1 N–H and O–H groups in total. The van der Waals surface area contributed by atoms with Crippen molar-refractivity contribution >= 4 is 16.9 Å². The summed E-state index contributed by atoms with van der Waals surface area (Å²) >= 11 is 0. The fourth-order valence-corrected chi connectivity index (χ4v) is 3.30. The highest BCUT2D eigenvalue weighted by Gasteiger charge is 2.14. The zero-order valence-electron chi connectivity index (χ0n) is 16.8. The molecule has 0 spiro atoms. The monoisotopic (exact) mass is 417 g/mol. The highest BCUT2D eigenvalue weighted by molar-refractivity contribution is 5.92. The van der Waals surface area contributed by atoms with E-state index in [9.17, 15) is 14.3 Å². The van der Waals surface area contributed by atoms with Crippen molar-refractivity contribution in [3.05, 3.63) is 101 Å². The lowest BCUT2D eigenvalue weighted by molar-refractivity contribution is 0.0691. The first kappa shape index (κ1) is 20.3. The fourth-order valence-electron chi connectivity index (χ4n) is 3.30. The van der Waals surface area contributed by atoms with Crippen molar-refractivity contribution in [3.8, 4) is 11.5 Å². The number of rotatable bonds is 7. The molecule has 156 valence electrons. The van der Waals surface area contributed by atoms with Gasteiger partial charge in [0.15, 0.2) is 0 Å². The van der Waals surface area contributed by atoms with E-state index in [0.29, 0.717) is 22.6 Å². The molecular formula is C25H20FNO4. The topological polar surface area (TPSA) is 68.7 Å². The van der Waals surface area contributed by atoms with Crippen LogP contribution in [-0.4, -0.2) is 16.1 Å². The van der Waals surface area contributed by atoms with Gasteiger partial charge in [0, 0.05) is 5.39 Å². The Balaban J connectivity index is 1.43. The number of pyridine rings is 1. The predicted molar refractivity (Wildman–Crippen MR) is 115 cm³/mol. The van der Waals surface area contributed by atoms with Gasteiger partial charge in [-0.2, -0.15) is 0 Å². The molecule has 0 saturated carbocycles. The molecule has 1 heterocycles. The van der Waals surface area contributed by atoms with E-state index in [4.69, 9.17) is 9.47 Å². The molecule has 0 aliphatic heterocycles. The van der Waals surface area contributed by atoms with Crippen LogP contribution in [0.4, 0.5) is 4.39 Å². The summed E-state index contributed by atoms with van der Waals surface area (Å²) in [6, 6.07) is 20.6. The number of carboxylic acids is 1. The quantitative estimate of drug-likeness (QED) is 0.428. The van der Waals surface area contributed by atoms with Crippen molar-refractivity contribution in [1.82, 2.24) is 4.98 Å². The van der Waals surface area contributed by atoms with Crippen LogP contribution in [0.15, 0.2) is 72.8 Å². The number of aromatic nitrogens is 1. The van der Waals surface area contributed by atoms with Gasteiger partial charge in [-0.1, -0.05) is 30.3 Å². The van der Waals surface area contributed by atoms with E-state index in [1.807, 2.05) is 30.3 Å². The summed E-state index contributed by atoms with van der Waals surface area (Å²) in [5.74, 6) is -0.338. The van der Waals surface area contributed by atoms with Crippen LogP contribution in [-0.2, 0) is 13.2 Å². The van der Waals surface area contributed by atoms with E-state index >= 15 is 0 Å². The summed E-state index contributed by atoms with van der Waals surface area (Å²) < 4.78 is 24.9. The van der Waals surface area contributed by atoms with Crippen LogP contribution in [0.1, 0.15) is 27.2 Å². The highest BCUT2D eigenvalue weighted by atomic mass is 19.1. The average molecular weight is 417 g/mol. The van der Waals surface area contributed by atoms with Gasteiger partial charge < -0.3 is 14.6 Å². The number of hydrogen-bond acceptors (Lipinski definition) is 4. The molecule has 0 atom stereocenters. The van der Waals surface area contributed by atoms with Crippen LogP contribution in [0.25, 0.3) is 10.9 Å². The Labute approximate surface area is 178 Å². The Kier molecular flexibility index (Phi) is 5.80. The summed E-state index contributed by atoms with van der Waals surface area (Å²) in [5.41, 5.74) is 3.09. The Bertz CT molecular complexity index is 1260. The zero-order chi connectivity index (χ0) is 21.8. The number of ether oxygens (including phenoxy) is 2. The molecule has 4 rings (SSSR count). The maximum atomic E-state index is 13.3. The van der Waals surface area contributed by atoms with Gasteiger partial charge in [0.05, 0.1) is 11.2 Å². The number of aromatic carboxylic acids is 1. The van der Waals surface area contributed by atoms with E-state index in [1.165, 1.54) is 12.1 Å². The number of nitrogens with zero attached hydrogens (tertiary/aromatic N) is 1. The Morgan fingerprint density at radius 1 is 0.968 bits per heavy atom. The summed E-state index contributed by atoms with van der Waals surface area (Å²) in [7, 11) is 0. The molecule has 4 aromatic rings. The van der Waals surface area contributed by atoms with Crippen LogP contribution in [0.3, 0.4) is 0 Å². The third-order valence-corrected chi connectivity index (χ3v) is 4.84. The lowest BCUT2D eigenvalue weighted by atomic mass is 10.1. The zero-order valence-corrected chi connectivity index (χ0v) is 16.8. The van der Waals surface area contributed by atoms with Crippen molar-refractivity contribution in [1.29, 1.82) is 0 Å². The van der Waals surface area contributed by atoms with Crippen molar-refractivity contribution in [3.63, 3.8) is 0 Å². The smallest absolute Gasteiger partial charge is 0.339 e. The summed E-state index contributed by atoms with van der Waals surface area (Å²) in [6.07, 6.45) is 0. The van der Waals surface area contributed by atoms with Gasteiger partial charge in [0.25, 0.3) is 0 Å². The first-order chi connectivity index (χ1) is 15.0. The molecule has 0 aliphatic rings. The molecule has 31 heavy (non-hydrogen) atoms. The second-order valence-corrected chi connectivity index (χ2v) is 7.12. The summed E-state index contributed by atoms with van der Waals surface area (Å²) in [5, 5.41) is 10.2. The molecule has 0 bridgehead atoms. The van der Waals surface area contributed by atoms with Gasteiger partial charge in [0.2, 0.25) is 0 Å². The number of benzene rings is 3. The summed E-state index contributed by atoms with van der Waals surface area (Å²) in [4.78, 5) is 16.0. The van der Waals surface area contributed by atoms with E-state index < -0.39 is 5.97 Å². The Hall–Kier alpha value is -3.93. The van der Waals surface area contributed by atoms with Gasteiger partial charge in [-0.25, -0.2) is 14.2 Å². The number of halogens is 1. The van der Waals surface area contributed by atoms with E-state index in [-0.39, 0.29) is 24.6 Å². The van der Waals surface area contributed by atoms with Crippen LogP contribution in [0, 0.1) is 12.7 Å². The first-order valence-electron chi connectivity index (χ1n) is 9.72. The highest BCUT2D eigenvalue weighted by Crippen LogP contribution is 2.24. The molecule has 0 saturated heterocycles. The second kappa shape index (κ2) is 8.83. The largest absolute Gasteiger partial charge is 0.488 e. The minimum absolute atomic E-state index is 0.164. The van der Waals surface area contributed by atoms with E-state index in [0.717, 1.165) is 16.6 Å². The number of aryl methyl sites for hydroxylation is 1. The van der Waals surface area contributed by atoms with E-state index in [1.54, 1.807) is 37.3 Å². The minimum Gasteiger partial charge on any atom is -0.488 e. The third kappa shape index (κ3) is 4.80. The lowest BCUT2D eigenvalue weighted by Crippen LogP contribution is -2.05. The average Bonchev–Trinajstić information content (AvgIpc) is 2.76. The molecule has 6 heteroatoms. The minimum atomic E-state index is -1.02. The SMILES string of the molecule is Cc1cccc(OCc2cccc(OCc3ccc4cc(F)ccc4n3)c2)c1C(=O)O. The molecule has 0 aliphatic carbocycles. The summed E-state index contributed by atoms with van der Waals surface area (Å²) in [6.45, 7) is 2.21. The molecule has 3 aromatic carbocycles. The Morgan fingerprint density at radius 3 is 2.65 bits per heavy atom. The van der Waals surface area contributed by atoms with Crippen molar-refractivity contribution in [2.24, 2.45) is 0 Å². The van der Waals surface area contributed by atoms with Crippen LogP contribution < -0.4 is 9.47 Å². The predicted octanol–water partition coefficient (Wildman–Crippen LogP) is 5.54. The maximum Gasteiger partial charge on any atom is 0.339 e. The molecule has 1 aromatic heterocycles. The third-order valence-electron chi connectivity index (χ3n) is 4.84.